The van der Waals surface area contributed by atoms with Crippen LogP contribution in [-0.2, 0) is 0 Å². The van der Waals surface area contributed by atoms with Crippen molar-refractivity contribution in [2.75, 3.05) is 11.9 Å². The number of nitrogens with two attached hydrogens (primary N) is 1. The smallest absolute Gasteiger partial charge is 0.356 e. The lowest BCUT2D eigenvalue weighted by Gasteiger charge is -2.17. The molecule has 0 spiro atoms. The summed E-state index contributed by atoms with van der Waals surface area (Å²) in [6.45, 7) is 0.480. The fraction of sp³-hybridized carbons (Fsp3) is 0.100. The highest BCUT2D eigenvalue weighted by Gasteiger charge is 2.15. The molecule has 2 rings (SSSR count). The minimum atomic E-state index is -0.872. The molecule has 1 aromatic rings. The van der Waals surface area contributed by atoms with E-state index >= 15 is 0 Å². The van der Waals surface area contributed by atoms with Crippen LogP contribution < -0.4 is 11.1 Å². The number of carbonyl (C=O) groups is 1. The summed E-state index contributed by atoms with van der Waals surface area (Å²) < 4.78 is 0. The molecule has 3 N–H and O–H groups in total. The second-order valence-electron chi connectivity index (χ2n) is 3.34. The second-order valence-corrected chi connectivity index (χ2v) is 4.24. The molecule has 0 radical (unpaired) electrons. The lowest BCUT2D eigenvalue weighted by atomic mass is 10.1. The van der Waals surface area contributed by atoms with Crippen molar-refractivity contribution in [1.82, 2.24) is 0 Å². The fourth-order valence-electron chi connectivity index (χ4n) is 1.48. The number of fused-ring (bicyclic) bond motifs is 1. The van der Waals surface area contributed by atoms with Crippen LogP contribution in [0.1, 0.15) is 5.56 Å². The van der Waals surface area contributed by atoms with Crippen molar-refractivity contribution < 1.29 is 4.79 Å². The Morgan fingerprint density at radius 1 is 1.41 bits per heavy atom. The summed E-state index contributed by atoms with van der Waals surface area (Å²) in [4.78, 5) is 10.6. The Morgan fingerprint density at radius 3 is 2.88 bits per heavy atom. The Balaban J connectivity index is 2.52. The first kappa shape index (κ1) is 11.9. The van der Waals surface area contributed by atoms with Gasteiger partial charge in [0.05, 0.1) is 17.3 Å². The van der Waals surface area contributed by atoms with Crippen LogP contribution in [0.15, 0.2) is 27.4 Å². The standard InChI is InChI=1S/C10H8Cl2N4O/c11-6-3-5-1-2-7(12)9(8(5)14-4-6)15-16-10(13)17/h1-3,14H,4H2,(H2,13,17). The number of benzene rings is 1. The predicted octanol–water partition coefficient (Wildman–Crippen LogP) is 3.51. The van der Waals surface area contributed by atoms with Crippen molar-refractivity contribution in [2.45, 2.75) is 0 Å². The summed E-state index contributed by atoms with van der Waals surface area (Å²) in [5.74, 6) is 0. The zero-order valence-electron chi connectivity index (χ0n) is 8.58. The van der Waals surface area contributed by atoms with Crippen molar-refractivity contribution >= 4 is 46.7 Å². The normalized spacial score (nSPS) is 14.1. The highest BCUT2D eigenvalue weighted by atomic mass is 35.5. The lowest BCUT2D eigenvalue weighted by Crippen LogP contribution is -2.08. The first-order valence-corrected chi connectivity index (χ1v) is 5.47. The second kappa shape index (κ2) is 4.73. The highest BCUT2D eigenvalue weighted by Crippen LogP contribution is 2.39. The van der Waals surface area contributed by atoms with E-state index in [4.69, 9.17) is 28.9 Å². The van der Waals surface area contributed by atoms with Gasteiger partial charge in [-0.25, -0.2) is 4.79 Å². The van der Waals surface area contributed by atoms with Gasteiger partial charge in [0.2, 0.25) is 0 Å². The highest BCUT2D eigenvalue weighted by molar-refractivity contribution is 6.34. The molecule has 0 fully saturated rings. The summed E-state index contributed by atoms with van der Waals surface area (Å²) >= 11 is 11.9. The molecule has 17 heavy (non-hydrogen) atoms. The lowest BCUT2D eigenvalue weighted by molar-refractivity contribution is 0.255. The Hall–Kier alpha value is -1.59. The third-order valence-electron chi connectivity index (χ3n) is 2.16. The zero-order chi connectivity index (χ0) is 12.4. The molecule has 0 unspecified atom stereocenters. The number of hydrogen-bond acceptors (Lipinski definition) is 3. The molecular formula is C10H8Cl2N4O. The van der Waals surface area contributed by atoms with Crippen molar-refractivity contribution in [3.05, 3.63) is 27.8 Å². The zero-order valence-corrected chi connectivity index (χ0v) is 10.1. The Morgan fingerprint density at radius 2 is 2.18 bits per heavy atom. The molecule has 0 saturated carbocycles. The molecule has 1 aliphatic rings. The monoisotopic (exact) mass is 270 g/mol. The molecule has 0 atom stereocenters. The van der Waals surface area contributed by atoms with Crippen LogP contribution in [0.25, 0.3) is 6.08 Å². The fourth-order valence-corrected chi connectivity index (χ4v) is 1.86. The van der Waals surface area contributed by atoms with Crippen LogP contribution in [-0.4, -0.2) is 12.6 Å². The number of urea groups is 1. The van der Waals surface area contributed by atoms with Gasteiger partial charge >= 0.3 is 6.03 Å². The largest absolute Gasteiger partial charge is 0.378 e. The predicted molar refractivity (Wildman–Crippen MR) is 67.9 cm³/mol. The first-order valence-electron chi connectivity index (χ1n) is 4.71. The molecule has 88 valence electrons. The van der Waals surface area contributed by atoms with Crippen LogP contribution >= 0.6 is 23.2 Å². The Labute approximate surface area is 107 Å². The maximum atomic E-state index is 10.6. The van der Waals surface area contributed by atoms with Crippen LogP contribution in [0.5, 0.6) is 0 Å². The van der Waals surface area contributed by atoms with Gasteiger partial charge in [-0.05, 0) is 12.1 Å². The number of azo groups is 1. The molecular weight excluding hydrogens is 263 g/mol. The molecule has 1 aromatic carbocycles. The maximum absolute atomic E-state index is 10.6. The Bertz CT molecular complexity index is 539. The number of halogens is 2. The number of rotatable bonds is 1. The van der Waals surface area contributed by atoms with Gasteiger partial charge < -0.3 is 11.1 Å². The van der Waals surface area contributed by atoms with Gasteiger partial charge in [0.1, 0.15) is 5.69 Å². The number of amides is 2. The van der Waals surface area contributed by atoms with Gasteiger partial charge in [-0.2, -0.15) is 0 Å². The average molecular weight is 271 g/mol. The number of nitrogens with one attached hydrogen (secondary N) is 1. The van der Waals surface area contributed by atoms with E-state index < -0.39 is 6.03 Å². The quantitative estimate of drug-likeness (QED) is 0.766. The molecule has 2 amide bonds. The van der Waals surface area contributed by atoms with Gasteiger partial charge in [-0.3, -0.25) is 0 Å². The maximum Gasteiger partial charge on any atom is 0.356 e. The van der Waals surface area contributed by atoms with Crippen LogP contribution in [0.3, 0.4) is 0 Å². The molecule has 0 aliphatic carbocycles. The third-order valence-corrected chi connectivity index (χ3v) is 2.70. The molecule has 0 bridgehead atoms. The number of hydrogen-bond donors (Lipinski definition) is 2. The van der Waals surface area contributed by atoms with Crippen LogP contribution in [0.2, 0.25) is 5.02 Å². The van der Waals surface area contributed by atoms with Crippen LogP contribution in [0.4, 0.5) is 16.2 Å². The summed E-state index contributed by atoms with van der Waals surface area (Å²) in [5, 5.41) is 11.1. The first-order chi connectivity index (χ1) is 8.08. The van der Waals surface area contributed by atoms with E-state index in [1.54, 1.807) is 18.2 Å². The van der Waals surface area contributed by atoms with Crippen molar-refractivity contribution in [3.63, 3.8) is 0 Å². The number of nitrogens with zero attached hydrogens (tertiary/aromatic N) is 2. The SMILES string of the molecule is NC(=O)N=Nc1c(Cl)ccc2c1NCC(Cl)=C2. The van der Waals surface area contributed by atoms with E-state index in [2.05, 4.69) is 15.5 Å². The molecule has 0 aromatic heterocycles. The molecule has 1 heterocycles. The average Bonchev–Trinajstić information content (AvgIpc) is 2.27. The topological polar surface area (TPSA) is 79.8 Å². The Kier molecular flexibility index (Phi) is 3.31. The van der Waals surface area contributed by atoms with Crippen molar-refractivity contribution in [3.8, 4) is 0 Å². The van der Waals surface area contributed by atoms with E-state index in [-0.39, 0.29) is 0 Å². The van der Waals surface area contributed by atoms with E-state index in [0.29, 0.717) is 28.0 Å². The minimum absolute atomic E-state index is 0.378. The molecule has 7 heteroatoms. The van der Waals surface area contributed by atoms with Gasteiger partial charge in [0.25, 0.3) is 0 Å². The summed E-state index contributed by atoms with van der Waals surface area (Å²) in [6, 6.07) is 2.59. The van der Waals surface area contributed by atoms with Crippen LogP contribution in [0, 0.1) is 0 Å². The molecule has 1 aliphatic heterocycles. The minimum Gasteiger partial charge on any atom is -0.378 e. The summed E-state index contributed by atoms with van der Waals surface area (Å²) in [7, 11) is 0. The van der Waals surface area contributed by atoms with Gasteiger partial charge in [-0.15, -0.1) is 5.11 Å². The number of anilines is 1. The van der Waals surface area contributed by atoms with Gasteiger partial charge in [0.15, 0.2) is 0 Å². The van der Waals surface area contributed by atoms with Gasteiger partial charge in [-0.1, -0.05) is 34.4 Å². The number of primary amides is 1. The number of carbonyl (C=O) groups excluding carboxylic acids is 1. The van der Waals surface area contributed by atoms with E-state index in [1.807, 2.05) is 0 Å². The summed E-state index contributed by atoms with van der Waals surface area (Å²) in [6.07, 6.45) is 1.80. The van der Waals surface area contributed by atoms with Crippen molar-refractivity contribution in [2.24, 2.45) is 16.0 Å². The molecule has 5 nitrogen and oxygen atoms in total. The van der Waals surface area contributed by atoms with Crippen molar-refractivity contribution in [1.29, 1.82) is 0 Å². The van der Waals surface area contributed by atoms with E-state index in [0.717, 1.165) is 5.56 Å². The summed E-state index contributed by atoms with van der Waals surface area (Å²) in [5.41, 5.74) is 6.79. The van der Waals surface area contributed by atoms with E-state index in [9.17, 15) is 4.79 Å². The molecule has 0 saturated heterocycles. The van der Waals surface area contributed by atoms with E-state index in [1.165, 1.54) is 0 Å². The van der Waals surface area contributed by atoms with Gasteiger partial charge in [0, 0.05) is 10.6 Å². The third kappa shape index (κ3) is 2.57.